The van der Waals surface area contributed by atoms with Gasteiger partial charge >= 0.3 is 0 Å². The molecule has 0 bridgehead atoms. The number of carbonyl (C=O) groups is 2. The predicted octanol–water partition coefficient (Wildman–Crippen LogP) is 7.03. The van der Waals surface area contributed by atoms with E-state index in [2.05, 4.69) is 5.32 Å². The number of benzene rings is 3. The molecule has 1 N–H and O–H groups in total. The van der Waals surface area contributed by atoms with E-state index in [1.807, 2.05) is 75.4 Å². The van der Waals surface area contributed by atoms with Crippen LogP contribution in [-0.2, 0) is 9.59 Å². The van der Waals surface area contributed by atoms with Gasteiger partial charge in [0, 0.05) is 5.69 Å². The third-order valence-electron chi connectivity index (χ3n) is 5.81. The Morgan fingerprint density at radius 3 is 2.53 bits per heavy atom. The number of amides is 2. The summed E-state index contributed by atoms with van der Waals surface area (Å²) in [5.74, 6) is 0.142. The standard InChI is InChI=1S/C29H27ClN2O4S2/c1-4-35-24-15-20(14-23(30)27(24)36-17-26(33)31-22-12-10-18(2)11-13-22)16-25-28(34)32(29(37)38-25)19(3)21-8-6-5-7-9-21/h5-16,19H,4,17H2,1-3H3,(H,31,33)/b25-16-/t19-/m1/s1. The number of nitrogens with one attached hydrogen (secondary N) is 1. The number of halogens is 1. The van der Waals surface area contributed by atoms with Crippen LogP contribution in [0.2, 0.25) is 5.02 Å². The second-order valence-corrected chi connectivity index (χ2v) is 10.7. The number of thiocarbonyl (C=S) groups is 1. The molecule has 0 aliphatic carbocycles. The maximum Gasteiger partial charge on any atom is 0.266 e. The molecule has 1 atom stereocenters. The van der Waals surface area contributed by atoms with Gasteiger partial charge in [-0.25, -0.2) is 0 Å². The molecule has 0 radical (unpaired) electrons. The van der Waals surface area contributed by atoms with Gasteiger partial charge in [0.05, 0.1) is 22.6 Å². The Bertz CT molecular complexity index is 1380. The highest BCUT2D eigenvalue weighted by Gasteiger charge is 2.36. The van der Waals surface area contributed by atoms with Gasteiger partial charge < -0.3 is 14.8 Å². The molecule has 1 aliphatic rings. The molecule has 0 unspecified atom stereocenters. The van der Waals surface area contributed by atoms with Crippen molar-refractivity contribution in [2.75, 3.05) is 18.5 Å². The van der Waals surface area contributed by atoms with Crippen LogP contribution in [0, 0.1) is 6.92 Å². The van der Waals surface area contributed by atoms with E-state index in [0.717, 1.165) is 11.1 Å². The molecule has 0 saturated carbocycles. The molecule has 196 valence electrons. The monoisotopic (exact) mass is 566 g/mol. The minimum Gasteiger partial charge on any atom is -0.490 e. The summed E-state index contributed by atoms with van der Waals surface area (Å²) in [5.41, 5.74) is 3.43. The van der Waals surface area contributed by atoms with E-state index in [1.54, 1.807) is 23.1 Å². The second kappa shape index (κ2) is 12.5. The Labute approximate surface area is 237 Å². The number of thioether (sulfide) groups is 1. The molecule has 0 aromatic heterocycles. The van der Waals surface area contributed by atoms with Crippen molar-refractivity contribution in [3.63, 3.8) is 0 Å². The van der Waals surface area contributed by atoms with Crippen LogP contribution in [0.15, 0.2) is 71.6 Å². The lowest BCUT2D eigenvalue weighted by molar-refractivity contribution is -0.123. The van der Waals surface area contributed by atoms with Crippen molar-refractivity contribution in [1.82, 2.24) is 4.90 Å². The largest absolute Gasteiger partial charge is 0.490 e. The van der Waals surface area contributed by atoms with Crippen molar-refractivity contribution in [3.05, 3.63) is 93.3 Å². The molecule has 9 heteroatoms. The fourth-order valence-corrected chi connectivity index (χ4v) is 5.58. The zero-order chi connectivity index (χ0) is 27.2. The van der Waals surface area contributed by atoms with Crippen molar-refractivity contribution in [2.45, 2.75) is 26.8 Å². The second-order valence-electron chi connectivity index (χ2n) is 8.60. The van der Waals surface area contributed by atoms with Crippen LogP contribution in [0.3, 0.4) is 0 Å². The number of ether oxygens (including phenoxy) is 2. The summed E-state index contributed by atoms with van der Waals surface area (Å²) in [6.07, 6.45) is 1.74. The summed E-state index contributed by atoms with van der Waals surface area (Å²) in [6, 6.07) is 20.4. The van der Waals surface area contributed by atoms with Crippen LogP contribution < -0.4 is 14.8 Å². The van der Waals surface area contributed by atoms with Crippen molar-refractivity contribution in [3.8, 4) is 11.5 Å². The van der Waals surface area contributed by atoms with E-state index in [4.69, 9.17) is 33.3 Å². The van der Waals surface area contributed by atoms with Crippen molar-refractivity contribution >= 4 is 63.5 Å². The molecule has 3 aromatic carbocycles. The van der Waals surface area contributed by atoms with Gasteiger partial charge in [-0.05, 0) is 62.2 Å². The summed E-state index contributed by atoms with van der Waals surface area (Å²) < 4.78 is 12.0. The Kier molecular flexibility index (Phi) is 9.09. The summed E-state index contributed by atoms with van der Waals surface area (Å²) in [7, 11) is 0. The number of aryl methyl sites for hydroxylation is 1. The fraction of sp³-hybridized carbons (Fsp3) is 0.207. The number of nitrogens with zero attached hydrogens (tertiary/aromatic N) is 1. The van der Waals surface area contributed by atoms with E-state index in [0.29, 0.717) is 32.8 Å². The first-order chi connectivity index (χ1) is 18.3. The average molecular weight is 567 g/mol. The van der Waals surface area contributed by atoms with Crippen molar-refractivity contribution in [2.24, 2.45) is 0 Å². The fourth-order valence-electron chi connectivity index (χ4n) is 3.89. The third-order valence-corrected chi connectivity index (χ3v) is 7.42. The summed E-state index contributed by atoms with van der Waals surface area (Å²) in [6.45, 7) is 5.88. The number of rotatable bonds is 9. The first kappa shape index (κ1) is 27.7. The number of hydrogen-bond acceptors (Lipinski definition) is 6. The number of anilines is 1. The summed E-state index contributed by atoms with van der Waals surface area (Å²) >= 11 is 13.3. The van der Waals surface area contributed by atoms with E-state index in [-0.39, 0.29) is 35.2 Å². The van der Waals surface area contributed by atoms with Crippen LogP contribution in [0.25, 0.3) is 6.08 Å². The molecule has 0 spiro atoms. The van der Waals surface area contributed by atoms with Crippen molar-refractivity contribution < 1.29 is 19.1 Å². The maximum absolute atomic E-state index is 13.3. The Morgan fingerprint density at radius 1 is 1.13 bits per heavy atom. The van der Waals surface area contributed by atoms with E-state index >= 15 is 0 Å². The molecule has 6 nitrogen and oxygen atoms in total. The molecule has 1 heterocycles. The molecular formula is C29H27ClN2O4S2. The van der Waals surface area contributed by atoms with Crippen LogP contribution in [-0.4, -0.2) is 34.2 Å². The molecule has 38 heavy (non-hydrogen) atoms. The lowest BCUT2D eigenvalue weighted by Crippen LogP contribution is -2.30. The SMILES string of the molecule is CCOc1cc(/C=C2\SC(=S)N([C@H](C)c3ccccc3)C2=O)cc(Cl)c1OCC(=O)Nc1ccc(C)cc1. The first-order valence-corrected chi connectivity index (χ1v) is 13.6. The van der Waals surface area contributed by atoms with E-state index in [9.17, 15) is 9.59 Å². The van der Waals surface area contributed by atoms with Crippen LogP contribution in [0.4, 0.5) is 5.69 Å². The Hall–Kier alpha value is -3.33. The quantitative estimate of drug-likeness (QED) is 0.222. The van der Waals surface area contributed by atoms with Gasteiger partial charge in [-0.15, -0.1) is 0 Å². The van der Waals surface area contributed by atoms with E-state index in [1.165, 1.54) is 11.8 Å². The maximum atomic E-state index is 13.3. The van der Waals surface area contributed by atoms with Gasteiger partial charge in [0.2, 0.25) is 0 Å². The molecule has 4 rings (SSSR count). The lowest BCUT2D eigenvalue weighted by atomic mass is 10.1. The number of hydrogen-bond donors (Lipinski definition) is 1. The highest BCUT2D eigenvalue weighted by atomic mass is 35.5. The average Bonchev–Trinajstić information content (AvgIpc) is 3.17. The molecule has 2 amide bonds. The summed E-state index contributed by atoms with van der Waals surface area (Å²) in [4.78, 5) is 27.8. The number of carbonyl (C=O) groups excluding carboxylic acids is 2. The van der Waals surface area contributed by atoms with Crippen LogP contribution >= 0.6 is 35.6 Å². The molecule has 1 fully saturated rings. The Morgan fingerprint density at radius 2 is 1.84 bits per heavy atom. The van der Waals surface area contributed by atoms with Gasteiger partial charge in [-0.3, -0.25) is 14.5 Å². The van der Waals surface area contributed by atoms with Gasteiger partial charge in [-0.1, -0.05) is 83.6 Å². The normalized spacial score (nSPS) is 15.1. The molecule has 1 saturated heterocycles. The van der Waals surface area contributed by atoms with Gasteiger partial charge in [-0.2, -0.15) is 0 Å². The third kappa shape index (κ3) is 6.56. The molecule has 1 aliphatic heterocycles. The molecular weight excluding hydrogens is 540 g/mol. The molecule has 3 aromatic rings. The smallest absolute Gasteiger partial charge is 0.266 e. The lowest BCUT2D eigenvalue weighted by Gasteiger charge is -2.23. The van der Waals surface area contributed by atoms with Crippen molar-refractivity contribution in [1.29, 1.82) is 0 Å². The highest BCUT2D eigenvalue weighted by Crippen LogP contribution is 2.41. The predicted molar refractivity (Wildman–Crippen MR) is 158 cm³/mol. The topological polar surface area (TPSA) is 67.9 Å². The minimum atomic E-state index is -0.326. The first-order valence-electron chi connectivity index (χ1n) is 12.0. The zero-order valence-electron chi connectivity index (χ0n) is 21.2. The van der Waals surface area contributed by atoms with E-state index < -0.39 is 0 Å². The van der Waals surface area contributed by atoms with Gasteiger partial charge in [0.1, 0.15) is 4.32 Å². The Balaban J connectivity index is 1.50. The highest BCUT2D eigenvalue weighted by molar-refractivity contribution is 8.26. The van der Waals surface area contributed by atoms with Gasteiger partial charge in [0.25, 0.3) is 11.8 Å². The van der Waals surface area contributed by atoms with Crippen LogP contribution in [0.1, 0.15) is 36.6 Å². The van der Waals surface area contributed by atoms with Crippen LogP contribution in [0.5, 0.6) is 11.5 Å². The minimum absolute atomic E-state index is 0.168. The summed E-state index contributed by atoms with van der Waals surface area (Å²) in [5, 5.41) is 3.05. The zero-order valence-corrected chi connectivity index (χ0v) is 23.6. The van der Waals surface area contributed by atoms with Gasteiger partial charge in [0.15, 0.2) is 18.1 Å².